The van der Waals surface area contributed by atoms with Gasteiger partial charge < -0.3 is 33.2 Å². The van der Waals surface area contributed by atoms with Crippen molar-refractivity contribution in [1.29, 1.82) is 0 Å². The highest BCUT2D eigenvalue weighted by Crippen LogP contribution is 2.28. The van der Waals surface area contributed by atoms with E-state index in [1.54, 1.807) is 0 Å². The summed E-state index contributed by atoms with van der Waals surface area (Å²) in [6, 6.07) is 0. The quantitative estimate of drug-likeness (QED) is 0.0444. The molecule has 440 valence electrons. The van der Waals surface area contributed by atoms with Gasteiger partial charge in [0.15, 0.2) is 11.6 Å². The van der Waals surface area contributed by atoms with Crippen LogP contribution in [0.15, 0.2) is 0 Å². The molecule has 73 heavy (non-hydrogen) atoms. The Morgan fingerprint density at radius 1 is 0.192 bits per heavy atom. The van der Waals surface area contributed by atoms with Gasteiger partial charge in [-0.25, -0.2) is 0 Å². The van der Waals surface area contributed by atoms with Crippen molar-refractivity contribution in [3.8, 4) is 0 Å². The lowest BCUT2D eigenvalue weighted by molar-refractivity contribution is -0.289. The Labute approximate surface area is 458 Å². The lowest BCUT2D eigenvalue weighted by Crippen LogP contribution is -2.42. The number of unbranched alkanes of at least 4 members (excludes halogenated alkanes) is 42. The molecule has 0 aromatic rings. The van der Waals surface area contributed by atoms with Crippen LogP contribution in [0.5, 0.6) is 0 Å². The van der Waals surface area contributed by atoms with Crippen molar-refractivity contribution in [2.24, 2.45) is 0 Å². The summed E-state index contributed by atoms with van der Waals surface area (Å²) >= 11 is 0. The molecule has 0 atom stereocenters. The van der Waals surface area contributed by atoms with Crippen LogP contribution in [0.3, 0.4) is 0 Å². The van der Waals surface area contributed by atoms with Crippen molar-refractivity contribution in [2.75, 3.05) is 53.2 Å². The molecule has 0 saturated carbocycles. The second-order valence-corrected chi connectivity index (χ2v) is 22.7. The zero-order valence-electron chi connectivity index (χ0n) is 50.9. The van der Waals surface area contributed by atoms with E-state index < -0.39 is 11.6 Å². The largest absolute Gasteiger partial charge is 0.350 e. The number of ether oxygens (including phenoxy) is 7. The van der Waals surface area contributed by atoms with E-state index in [9.17, 15) is 0 Å². The van der Waals surface area contributed by atoms with Crippen LogP contribution in [0.4, 0.5) is 0 Å². The second kappa shape index (κ2) is 60.9. The van der Waals surface area contributed by atoms with E-state index in [0.29, 0.717) is 39.6 Å². The second-order valence-electron chi connectivity index (χ2n) is 22.7. The Morgan fingerprint density at radius 2 is 0.370 bits per heavy atom. The van der Waals surface area contributed by atoms with E-state index in [1.165, 1.54) is 270 Å². The first-order chi connectivity index (χ1) is 36.1. The third-order valence-corrected chi connectivity index (χ3v) is 15.3. The maximum absolute atomic E-state index is 6.85. The summed E-state index contributed by atoms with van der Waals surface area (Å²) in [4.78, 5) is 0. The van der Waals surface area contributed by atoms with Gasteiger partial charge in [0.2, 0.25) is 0 Å². The lowest BCUT2D eigenvalue weighted by Gasteiger charge is -2.34. The molecule has 0 rings (SSSR count). The zero-order valence-corrected chi connectivity index (χ0v) is 50.9. The molecule has 7 nitrogen and oxygen atoms in total. The van der Waals surface area contributed by atoms with Gasteiger partial charge >= 0.3 is 0 Å². The van der Waals surface area contributed by atoms with Crippen molar-refractivity contribution in [1.82, 2.24) is 0 Å². The fraction of sp³-hybridized carbons (Fsp3) is 1.00. The molecule has 0 aliphatic rings. The highest BCUT2D eigenvalue weighted by atomic mass is 16.8. The highest BCUT2D eigenvalue weighted by Gasteiger charge is 2.34. The average molecular weight is 1040 g/mol. The van der Waals surface area contributed by atoms with Crippen LogP contribution in [0.25, 0.3) is 0 Å². The van der Waals surface area contributed by atoms with E-state index in [2.05, 4.69) is 41.5 Å². The van der Waals surface area contributed by atoms with Gasteiger partial charge in [-0.15, -0.1) is 0 Å². The summed E-state index contributed by atoms with van der Waals surface area (Å²) in [7, 11) is 0. The molecule has 0 aromatic carbocycles. The third kappa shape index (κ3) is 52.2. The van der Waals surface area contributed by atoms with Crippen LogP contribution >= 0.6 is 0 Å². The lowest BCUT2D eigenvalue weighted by atomic mass is 10.0. The first-order valence-electron chi connectivity index (χ1n) is 33.4. The zero-order chi connectivity index (χ0) is 53.0. The van der Waals surface area contributed by atoms with Gasteiger partial charge in [-0.05, 0) is 38.5 Å². The van der Waals surface area contributed by atoms with Gasteiger partial charge in [-0.3, -0.25) is 0 Å². The van der Waals surface area contributed by atoms with Crippen LogP contribution in [-0.4, -0.2) is 64.8 Å². The van der Waals surface area contributed by atoms with Gasteiger partial charge in [0, 0.05) is 12.8 Å². The number of hydrogen-bond acceptors (Lipinski definition) is 7. The molecule has 0 heterocycles. The van der Waals surface area contributed by atoms with Gasteiger partial charge in [0.1, 0.15) is 26.8 Å². The van der Waals surface area contributed by atoms with Gasteiger partial charge in [-0.2, -0.15) is 0 Å². The van der Waals surface area contributed by atoms with Crippen LogP contribution in [0.2, 0.25) is 0 Å². The van der Waals surface area contributed by atoms with Crippen molar-refractivity contribution >= 4 is 0 Å². The van der Waals surface area contributed by atoms with Gasteiger partial charge in [-0.1, -0.05) is 311 Å². The molecule has 0 aromatic heterocycles. The number of hydrogen-bond donors (Lipinski definition) is 0. The molecule has 0 saturated heterocycles. The maximum atomic E-state index is 6.85. The molecule has 0 N–H and O–H groups in total. The molecule has 0 radical (unpaired) electrons. The van der Waals surface area contributed by atoms with E-state index in [-0.39, 0.29) is 13.6 Å². The Bertz CT molecular complexity index is 878. The average Bonchev–Trinajstić information content (AvgIpc) is 3.40. The molecule has 0 bridgehead atoms. The van der Waals surface area contributed by atoms with Crippen molar-refractivity contribution in [2.45, 2.75) is 374 Å². The molecule has 0 fully saturated rings. The molecule has 7 heteroatoms. The predicted molar refractivity (Wildman–Crippen MR) is 317 cm³/mol. The van der Waals surface area contributed by atoms with Crippen LogP contribution in [0, 0.1) is 0 Å². The minimum Gasteiger partial charge on any atom is -0.350 e. The smallest absolute Gasteiger partial charge is 0.191 e. The monoisotopic (exact) mass is 1040 g/mol. The Balaban J connectivity index is 5.78. The first-order valence-corrected chi connectivity index (χ1v) is 33.4. The topological polar surface area (TPSA) is 64.6 Å². The van der Waals surface area contributed by atoms with E-state index >= 15 is 0 Å². The minimum absolute atomic E-state index is 0.143. The molecule has 0 unspecified atom stereocenters. The molecular formula is C66H134O7. The SMILES string of the molecule is CCCCCCCCCCCCC(COCOCOCC(CCCCCCCCCCCC)(OCCCCCCCCC)OCCCCCCCCC)(OCCCCCCCCC)OCCCCCCCCC. The summed E-state index contributed by atoms with van der Waals surface area (Å²) in [5.41, 5.74) is 0. The van der Waals surface area contributed by atoms with Crippen LogP contribution in [-0.2, 0) is 33.2 Å². The first kappa shape index (κ1) is 72.7. The summed E-state index contributed by atoms with van der Waals surface area (Å²) in [6.07, 6.45) is 63.5. The fourth-order valence-electron chi connectivity index (χ4n) is 10.3. The molecular weight excluding hydrogens is 905 g/mol. The third-order valence-electron chi connectivity index (χ3n) is 15.3. The van der Waals surface area contributed by atoms with Crippen LogP contribution in [0.1, 0.15) is 363 Å². The summed E-state index contributed by atoms with van der Waals surface area (Å²) in [5.74, 6) is -1.49. The van der Waals surface area contributed by atoms with Gasteiger partial charge in [0.05, 0.1) is 26.4 Å². The minimum atomic E-state index is -0.743. The summed E-state index contributed by atoms with van der Waals surface area (Å²) in [5, 5.41) is 0. The van der Waals surface area contributed by atoms with Crippen molar-refractivity contribution < 1.29 is 33.2 Å². The summed E-state index contributed by atoms with van der Waals surface area (Å²) in [6.45, 7) is 17.7. The summed E-state index contributed by atoms with van der Waals surface area (Å²) < 4.78 is 46.3. The van der Waals surface area contributed by atoms with Crippen molar-refractivity contribution in [3.63, 3.8) is 0 Å². The normalized spacial score (nSPS) is 12.2. The van der Waals surface area contributed by atoms with E-state index in [4.69, 9.17) is 33.2 Å². The molecule has 0 spiro atoms. The van der Waals surface area contributed by atoms with Crippen molar-refractivity contribution in [3.05, 3.63) is 0 Å². The van der Waals surface area contributed by atoms with Crippen LogP contribution < -0.4 is 0 Å². The van der Waals surface area contributed by atoms with Gasteiger partial charge in [0.25, 0.3) is 0 Å². The van der Waals surface area contributed by atoms with E-state index in [1.807, 2.05) is 0 Å². The predicted octanol–water partition coefficient (Wildman–Crippen LogP) is 22.0. The Morgan fingerprint density at radius 3 is 0.575 bits per heavy atom. The fourth-order valence-corrected chi connectivity index (χ4v) is 10.3. The standard InChI is InChI=1S/C66H134O7/c1-7-13-19-25-31-33-35-37-43-49-55-65(70-57-51-45-39-27-21-15-9-3,71-58-52-46-40-28-22-16-10-4)61-67-63-69-64-68-62-66(72-59-53-47-41-29-23-17-11-5,73-60-54-48-42-30-24-18-12-6)56-50-44-38-36-34-32-26-20-14-8-2/h7-64H2,1-6H3. The molecule has 0 aliphatic carbocycles. The van der Waals surface area contributed by atoms with E-state index in [0.717, 1.165) is 51.4 Å². The molecule has 0 aliphatic heterocycles. The highest BCUT2D eigenvalue weighted by molar-refractivity contribution is 4.73. The Hall–Kier alpha value is -0.280. The molecule has 0 amide bonds. The maximum Gasteiger partial charge on any atom is 0.191 e. The Kier molecular flexibility index (Phi) is 60.7. The number of rotatable bonds is 66.